The van der Waals surface area contributed by atoms with Crippen LogP contribution in [0.4, 0.5) is 5.69 Å². The summed E-state index contributed by atoms with van der Waals surface area (Å²) in [5, 5.41) is 6.21. The number of nitrogens with zero attached hydrogens (tertiary/aromatic N) is 2. The van der Waals surface area contributed by atoms with Gasteiger partial charge in [-0.1, -0.05) is 66.2 Å². The van der Waals surface area contributed by atoms with Crippen molar-refractivity contribution in [3.63, 3.8) is 0 Å². The topological polar surface area (TPSA) is 6.48 Å². The molecule has 0 spiro atoms. The SMILES string of the molecule is Clc1cccc(N2CCN(Cc3c4ccccc4cc4ccccc34)CC2)c1. The normalized spacial score (nSPS) is 15.4. The summed E-state index contributed by atoms with van der Waals surface area (Å²) in [6.45, 7) is 5.17. The summed E-state index contributed by atoms with van der Waals surface area (Å²) in [6, 6.07) is 28.0. The highest BCUT2D eigenvalue weighted by molar-refractivity contribution is 6.30. The molecular formula is C25H23ClN2. The molecule has 140 valence electrons. The lowest BCUT2D eigenvalue weighted by atomic mass is 9.96. The van der Waals surface area contributed by atoms with Crippen LogP contribution in [0.2, 0.25) is 5.02 Å². The first-order valence-electron chi connectivity index (χ1n) is 9.90. The molecule has 2 nitrogen and oxygen atoms in total. The lowest BCUT2D eigenvalue weighted by molar-refractivity contribution is 0.251. The Morgan fingerprint density at radius 2 is 1.32 bits per heavy atom. The maximum atomic E-state index is 6.17. The summed E-state index contributed by atoms with van der Waals surface area (Å²) >= 11 is 6.17. The second-order valence-corrected chi connectivity index (χ2v) is 7.98. The number of rotatable bonds is 3. The summed E-state index contributed by atoms with van der Waals surface area (Å²) < 4.78 is 0. The summed E-state index contributed by atoms with van der Waals surface area (Å²) in [7, 11) is 0. The van der Waals surface area contributed by atoms with Gasteiger partial charge in [-0.25, -0.2) is 0 Å². The van der Waals surface area contributed by atoms with E-state index in [4.69, 9.17) is 11.6 Å². The highest BCUT2D eigenvalue weighted by atomic mass is 35.5. The van der Waals surface area contributed by atoms with Crippen LogP contribution in [0.15, 0.2) is 78.9 Å². The zero-order chi connectivity index (χ0) is 18.9. The van der Waals surface area contributed by atoms with Gasteiger partial charge in [-0.05, 0) is 51.4 Å². The molecule has 3 heteroatoms. The fourth-order valence-electron chi connectivity index (χ4n) is 4.34. The van der Waals surface area contributed by atoms with Gasteiger partial charge in [0, 0.05) is 43.4 Å². The third kappa shape index (κ3) is 3.34. The Labute approximate surface area is 170 Å². The van der Waals surface area contributed by atoms with Crippen molar-refractivity contribution in [2.75, 3.05) is 31.1 Å². The third-order valence-corrected chi connectivity index (χ3v) is 6.05. The summed E-state index contributed by atoms with van der Waals surface area (Å²) in [5.74, 6) is 0. The number of piperazine rings is 1. The Morgan fingerprint density at radius 3 is 1.96 bits per heavy atom. The van der Waals surface area contributed by atoms with E-state index in [1.807, 2.05) is 12.1 Å². The number of hydrogen-bond donors (Lipinski definition) is 0. The summed E-state index contributed by atoms with van der Waals surface area (Å²) in [6.07, 6.45) is 0. The first-order chi connectivity index (χ1) is 13.8. The first kappa shape index (κ1) is 17.5. The molecule has 28 heavy (non-hydrogen) atoms. The first-order valence-corrected chi connectivity index (χ1v) is 10.3. The lowest BCUT2D eigenvalue weighted by Crippen LogP contribution is -2.46. The number of fused-ring (bicyclic) bond motifs is 2. The smallest absolute Gasteiger partial charge is 0.0426 e. The zero-order valence-electron chi connectivity index (χ0n) is 15.8. The van der Waals surface area contributed by atoms with Crippen LogP contribution >= 0.6 is 11.6 Å². The largest absolute Gasteiger partial charge is 0.369 e. The molecular weight excluding hydrogens is 364 g/mol. The third-order valence-electron chi connectivity index (χ3n) is 5.81. The quantitative estimate of drug-likeness (QED) is 0.400. The molecule has 4 aromatic carbocycles. The van der Waals surface area contributed by atoms with E-state index >= 15 is 0 Å². The molecule has 0 atom stereocenters. The molecule has 0 amide bonds. The molecule has 4 aromatic rings. The molecule has 0 aromatic heterocycles. The van der Waals surface area contributed by atoms with Gasteiger partial charge in [-0.15, -0.1) is 0 Å². The van der Waals surface area contributed by atoms with Crippen molar-refractivity contribution in [1.29, 1.82) is 0 Å². The predicted molar refractivity (Wildman–Crippen MR) is 120 cm³/mol. The molecule has 5 rings (SSSR count). The summed E-state index contributed by atoms with van der Waals surface area (Å²) in [4.78, 5) is 5.01. The van der Waals surface area contributed by atoms with Crippen molar-refractivity contribution in [1.82, 2.24) is 4.90 Å². The van der Waals surface area contributed by atoms with Crippen molar-refractivity contribution < 1.29 is 0 Å². The van der Waals surface area contributed by atoms with Crippen LogP contribution in [0.1, 0.15) is 5.56 Å². The molecule has 0 N–H and O–H groups in total. The molecule has 0 saturated carbocycles. The van der Waals surface area contributed by atoms with Gasteiger partial charge in [0.05, 0.1) is 0 Å². The highest BCUT2D eigenvalue weighted by Crippen LogP contribution is 2.30. The number of hydrogen-bond acceptors (Lipinski definition) is 2. The minimum absolute atomic E-state index is 0.808. The average Bonchev–Trinajstić information content (AvgIpc) is 2.74. The standard InChI is InChI=1S/C25H23ClN2/c26-21-8-5-9-22(17-21)28-14-12-27(13-15-28)18-25-23-10-3-1-6-19(23)16-20-7-2-4-11-24(20)25/h1-11,16-17H,12-15,18H2. The Kier molecular flexibility index (Phi) is 4.67. The number of halogens is 1. The maximum Gasteiger partial charge on any atom is 0.0426 e. The average molecular weight is 387 g/mol. The molecule has 0 unspecified atom stereocenters. The van der Waals surface area contributed by atoms with Crippen molar-refractivity contribution >= 4 is 38.8 Å². The monoisotopic (exact) mass is 386 g/mol. The van der Waals surface area contributed by atoms with E-state index in [0.717, 1.165) is 37.7 Å². The van der Waals surface area contributed by atoms with Crippen LogP contribution in [0.5, 0.6) is 0 Å². The molecule has 0 bridgehead atoms. The molecule has 0 aliphatic carbocycles. The molecule has 1 saturated heterocycles. The number of anilines is 1. The molecule has 1 heterocycles. The Balaban J connectivity index is 1.41. The van der Waals surface area contributed by atoms with Crippen LogP contribution in [0.3, 0.4) is 0 Å². The van der Waals surface area contributed by atoms with E-state index in [9.17, 15) is 0 Å². The van der Waals surface area contributed by atoms with Crippen LogP contribution in [0.25, 0.3) is 21.5 Å². The van der Waals surface area contributed by atoms with Gasteiger partial charge in [0.1, 0.15) is 0 Å². The molecule has 0 radical (unpaired) electrons. The van der Waals surface area contributed by atoms with Crippen LogP contribution in [-0.2, 0) is 6.54 Å². The molecule has 1 aliphatic heterocycles. The fraction of sp³-hybridized carbons (Fsp3) is 0.200. The maximum absolute atomic E-state index is 6.17. The Hall–Kier alpha value is -2.55. The Bertz CT molecular complexity index is 1080. The van der Waals surface area contributed by atoms with Crippen LogP contribution < -0.4 is 4.90 Å². The van der Waals surface area contributed by atoms with Gasteiger partial charge in [0.2, 0.25) is 0 Å². The van der Waals surface area contributed by atoms with Gasteiger partial charge in [0.25, 0.3) is 0 Å². The van der Waals surface area contributed by atoms with Gasteiger partial charge >= 0.3 is 0 Å². The summed E-state index contributed by atoms with van der Waals surface area (Å²) in [5.41, 5.74) is 2.67. The second kappa shape index (κ2) is 7.46. The lowest BCUT2D eigenvalue weighted by Gasteiger charge is -2.36. The second-order valence-electron chi connectivity index (χ2n) is 7.54. The van der Waals surface area contributed by atoms with Gasteiger partial charge in [0.15, 0.2) is 0 Å². The van der Waals surface area contributed by atoms with Gasteiger partial charge < -0.3 is 4.90 Å². The highest BCUT2D eigenvalue weighted by Gasteiger charge is 2.19. The fourth-order valence-corrected chi connectivity index (χ4v) is 4.52. The van der Waals surface area contributed by atoms with E-state index in [1.54, 1.807) is 0 Å². The minimum atomic E-state index is 0.808. The minimum Gasteiger partial charge on any atom is -0.369 e. The van der Waals surface area contributed by atoms with Crippen LogP contribution in [-0.4, -0.2) is 31.1 Å². The van der Waals surface area contributed by atoms with Crippen molar-refractivity contribution in [3.05, 3.63) is 89.4 Å². The molecule has 1 fully saturated rings. The van der Waals surface area contributed by atoms with E-state index in [0.29, 0.717) is 0 Å². The van der Waals surface area contributed by atoms with Crippen molar-refractivity contribution in [2.45, 2.75) is 6.54 Å². The van der Waals surface area contributed by atoms with Crippen molar-refractivity contribution in [2.24, 2.45) is 0 Å². The van der Waals surface area contributed by atoms with E-state index in [2.05, 4.69) is 76.5 Å². The van der Waals surface area contributed by atoms with Gasteiger partial charge in [-0.3, -0.25) is 4.90 Å². The van der Waals surface area contributed by atoms with Crippen molar-refractivity contribution in [3.8, 4) is 0 Å². The van der Waals surface area contributed by atoms with E-state index < -0.39 is 0 Å². The zero-order valence-corrected chi connectivity index (χ0v) is 16.6. The predicted octanol–water partition coefficient (Wildman–Crippen LogP) is 5.97. The van der Waals surface area contributed by atoms with E-state index in [-0.39, 0.29) is 0 Å². The van der Waals surface area contributed by atoms with Gasteiger partial charge in [-0.2, -0.15) is 0 Å². The molecule has 1 aliphatic rings. The number of benzene rings is 4. The Morgan fingerprint density at radius 1 is 0.679 bits per heavy atom. The van der Waals surface area contributed by atoms with E-state index in [1.165, 1.54) is 32.8 Å². The van der Waals surface area contributed by atoms with Crippen LogP contribution in [0, 0.1) is 0 Å².